The Balaban J connectivity index is 1.71. The fourth-order valence-electron chi connectivity index (χ4n) is 1.84. The highest BCUT2D eigenvalue weighted by molar-refractivity contribution is 7.80. The Bertz CT molecular complexity index is 613. The summed E-state index contributed by atoms with van der Waals surface area (Å²) in [6, 6.07) is 0. The molecule has 2 aromatic rings. The largest absolute Gasteiger partial charge is 0.362 e. The second kappa shape index (κ2) is 6.91. The lowest BCUT2D eigenvalue weighted by molar-refractivity contribution is 0.570. The van der Waals surface area contributed by atoms with Crippen molar-refractivity contribution in [2.24, 2.45) is 7.05 Å². The summed E-state index contributed by atoms with van der Waals surface area (Å²) in [6.07, 6.45) is 4.51. The summed E-state index contributed by atoms with van der Waals surface area (Å²) in [5, 5.41) is 16.1. The van der Waals surface area contributed by atoms with Crippen LogP contribution >= 0.6 is 23.8 Å². The molecule has 0 unspecified atom stereocenters. The van der Waals surface area contributed by atoms with Gasteiger partial charge in [0.2, 0.25) is 0 Å². The van der Waals surface area contributed by atoms with Gasteiger partial charge in [-0.25, -0.2) is 0 Å². The smallest absolute Gasteiger partial charge is 0.170 e. The fraction of sp³-hybridized carbons (Fsp3) is 0.462. The minimum absolute atomic E-state index is 0.598. The van der Waals surface area contributed by atoms with Crippen LogP contribution in [-0.4, -0.2) is 31.2 Å². The lowest BCUT2D eigenvalue weighted by Crippen LogP contribution is -2.30. The van der Waals surface area contributed by atoms with Crippen LogP contribution < -0.4 is 10.6 Å². The molecule has 0 radical (unpaired) electrons. The van der Waals surface area contributed by atoms with Crippen LogP contribution in [0.3, 0.4) is 0 Å². The molecule has 0 amide bonds. The van der Waals surface area contributed by atoms with E-state index in [1.165, 1.54) is 0 Å². The van der Waals surface area contributed by atoms with Crippen molar-refractivity contribution in [1.29, 1.82) is 0 Å². The van der Waals surface area contributed by atoms with Gasteiger partial charge in [0, 0.05) is 26.3 Å². The monoisotopic (exact) mass is 326 g/mol. The van der Waals surface area contributed by atoms with E-state index in [0.29, 0.717) is 10.1 Å². The van der Waals surface area contributed by atoms with E-state index >= 15 is 0 Å². The number of halogens is 1. The molecular formula is C13H19ClN6S. The standard InChI is InChI=1S/C13H19ClN6S/c1-9-11(14)8-20(18-9)6-4-5-15-13(21)17-12-7-16-19(3)10(12)2/h7-8H,4-6H2,1-3H3,(H2,15,17,21). The first-order valence-electron chi connectivity index (χ1n) is 6.70. The number of nitrogens with zero attached hydrogens (tertiary/aromatic N) is 4. The first kappa shape index (κ1) is 15.8. The molecule has 0 atom stereocenters. The lowest BCUT2D eigenvalue weighted by atomic mass is 10.4. The highest BCUT2D eigenvalue weighted by Gasteiger charge is 2.05. The molecule has 0 saturated heterocycles. The zero-order valence-corrected chi connectivity index (χ0v) is 13.9. The van der Waals surface area contributed by atoms with E-state index in [2.05, 4.69) is 20.8 Å². The Hall–Kier alpha value is -1.60. The van der Waals surface area contributed by atoms with Crippen LogP contribution in [0.4, 0.5) is 5.69 Å². The summed E-state index contributed by atoms with van der Waals surface area (Å²) in [5.74, 6) is 0. The van der Waals surface area contributed by atoms with Gasteiger partial charge in [0.05, 0.1) is 28.3 Å². The second-order valence-corrected chi connectivity index (χ2v) is 5.64. The number of aromatic nitrogens is 4. The van der Waals surface area contributed by atoms with Gasteiger partial charge >= 0.3 is 0 Å². The Morgan fingerprint density at radius 2 is 2.19 bits per heavy atom. The SMILES string of the molecule is Cc1nn(CCCNC(=S)Nc2cnn(C)c2C)cc1Cl. The van der Waals surface area contributed by atoms with Gasteiger partial charge in [0.1, 0.15) is 0 Å². The molecule has 6 nitrogen and oxygen atoms in total. The molecule has 2 heterocycles. The Kier molecular flexibility index (Phi) is 5.19. The third-order valence-corrected chi connectivity index (χ3v) is 3.84. The summed E-state index contributed by atoms with van der Waals surface area (Å²) in [4.78, 5) is 0. The molecule has 0 spiro atoms. The summed E-state index contributed by atoms with van der Waals surface area (Å²) in [6.45, 7) is 5.45. The van der Waals surface area contributed by atoms with Gasteiger partial charge in [-0.2, -0.15) is 10.2 Å². The van der Waals surface area contributed by atoms with Crippen molar-refractivity contribution < 1.29 is 0 Å². The third kappa shape index (κ3) is 4.18. The molecule has 2 N–H and O–H groups in total. The second-order valence-electron chi connectivity index (χ2n) is 4.83. The summed E-state index contributed by atoms with van der Waals surface area (Å²) in [7, 11) is 1.90. The van der Waals surface area contributed by atoms with E-state index in [0.717, 1.165) is 36.6 Å². The lowest BCUT2D eigenvalue weighted by Gasteiger charge is -2.10. The summed E-state index contributed by atoms with van der Waals surface area (Å²) in [5.41, 5.74) is 2.82. The molecule has 0 fully saturated rings. The predicted octanol–water partition coefficient (Wildman–Crippen LogP) is 2.26. The maximum Gasteiger partial charge on any atom is 0.170 e. The van der Waals surface area contributed by atoms with Gasteiger partial charge in [-0.15, -0.1) is 0 Å². The van der Waals surface area contributed by atoms with Crippen molar-refractivity contribution in [1.82, 2.24) is 24.9 Å². The number of aryl methyl sites for hydroxylation is 3. The molecule has 21 heavy (non-hydrogen) atoms. The number of hydrogen-bond acceptors (Lipinski definition) is 3. The molecule has 0 aliphatic carbocycles. The van der Waals surface area contributed by atoms with Crippen molar-refractivity contribution in [3.8, 4) is 0 Å². The third-order valence-electron chi connectivity index (χ3n) is 3.22. The number of anilines is 1. The molecule has 0 aliphatic rings. The van der Waals surface area contributed by atoms with E-state index in [4.69, 9.17) is 23.8 Å². The Morgan fingerprint density at radius 1 is 1.43 bits per heavy atom. The van der Waals surface area contributed by atoms with Crippen LogP contribution in [0.5, 0.6) is 0 Å². The van der Waals surface area contributed by atoms with Gasteiger partial charge < -0.3 is 10.6 Å². The van der Waals surface area contributed by atoms with Crippen LogP contribution in [0.1, 0.15) is 17.8 Å². The van der Waals surface area contributed by atoms with E-state index < -0.39 is 0 Å². The predicted molar refractivity (Wildman–Crippen MR) is 88.8 cm³/mol. The fourth-order valence-corrected chi connectivity index (χ4v) is 2.20. The topological polar surface area (TPSA) is 59.7 Å². The van der Waals surface area contributed by atoms with Crippen molar-refractivity contribution in [2.75, 3.05) is 11.9 Å². The van der Waals surface area contributed by atoms with Gasteiger partial charge in [-0.3, -0.25) is 9.36 Å². The molecule has 2 aromatic heterocycles. The van der Waals surface area contributed by atoms with Gasteiger partial charge in [0.15, 0.2) is 5.11 Å². The Morgan fingerprint density at radius 3 is 2.76 bits per heavy atom. The number of hydrogen-bond donors (Lipinski definition) is 2. The number of rotatable bonds is 5. The normalized spacial score (nSPS) is 10.7. The molecule has 0 aromatic carbocycles. The average Bonchev–Trinajstić information content (AvgIpc) is 2.92. The minimum atomic E-state index is 0.598. The average molecular weight is 327 g/mol. The zero-order chi connectivity index (χ0) is 15.4. The minimum Gasteiger partial charge on any atom is -0.362 e. The molecule has 8 heteroatoms. The number of nitrogens with one attached hydrogen (secondary N) is 2. The van der Waals surface area contributed by atoms with E-state index in [1.54, 1.807) is 10.9 Å². The van der Waals surface area contributed by atoms with Crippen molar-refractivity contribution in [2.45, 2.75) is 26.8 Å². The van der Waals surface area contributed by atoms with Crippen LogP contribution in [0, 0.1) is 13.8 Å². The van der Waals surface area contributed by atoms with Crippen LogP contribution in [0.2, 0.25) is 5.02 Å². The summed E-state index contributed by atoms with van der Waals surface area (Å²) < 4.78 is 3.65. The van der Waals surface area contributed by atoms with Crippen LogP contribution in [-0.2, 0) is 13.6 Å². The van der Waals surface area contributed by atoms with Gasteiger partial charge in [0.25, 0.3) is 0 Å². The van der Waals surface area contributed by atoms with Gasteiger partial charge in [-0.05, 0) is 32.5 Å². The van der Waals surface area contributed by atoms with Crippen molar-refractivity contribution >= 4 is 34.6 Å². The van der Waals surface area contributed by atoms with Crippen molar-refractivity contribution in [3.05, 3.63) is 28.8 Å². The van der Waals surface area contributed by atoms with Crippen LogP contribution in [0.15, 0.2) is 12.4 Å². The molecule has 0 saturated carbocycles. The van der Waals surface area contributed by atoms with Crippen molar-refractivity contribution in [3.63, 3.8) is 0 Å². The first-order chi connectivity index (χ1) is 9.97. The first-order valence-corrected chi connectivity index (χ1v) is 7.49. The van der Waals surface area contributed by atoms with E-state index in [1.807, 2.05) is 31.8 Å². The van der Waals surface area contributed by atoms with Crippen LogP contribution in [0.25, 0.3) is 0 Å². The quantitative estimate of drug-likeness (QED) is 0.652. The van der Waals surface area contributed by atoms with E-state index in [9.17, 15) is 0 Å². The van der Waals surface area contributed by atoms with E-state index in [-0.39, 0.29) is 0 Å². The Labute approximate surface area is 134 Å². The summed E-state index contributed by atoms with van der Waals surface area (Å²) >= 11 is 11.2. The molecule has 0 bridgehead atoms. The molecule has 2 rings (SSSR count). The highest BCUT2D eigenvalue weighted by Crippen LogP contribution is 2.12. The molecule has 0 aliphatic heterocycles. The highest BCUT2D eigenvalue weighted by atomic mass is 35.5. The zero-order valence-electron chi connectivity index (χ0n) is 12.4. The molecular weight excluding hydrogens is 308 g/mol. The van der Waals surface area contributed by atoms with Gasteiger partial charge in [-0.1, -0.05) is 11.6 Å². The maximum atomic E-state index is 5.96. The number of thiocarbonyl (C=S) groups is 1. The molecule has 114 valence electrons. The maximum absolute atomic E-state index is 5.96.